The zero-order valence-electron chi connectivity index (χ0n) is 9.42. The van der Waals surface area contributed by atoms with Crippen molar-refractivity contribution in [2.75, 3.05) is 18.6 Å². The van der Waals surface area contributed by atoms with E-state index in [9.17, 15) is 4.79 Å². The Kier molecular flexibility index (Phi) is 3.08. The average molecular weight is 234 g/mol. The number of nitrogens with one attached hydrogen (secondary N) is 1. The number of nitrogens with two attached hydrogens (primary N) is 1. The number of aromatic amines is 1. The van der Waals surface area contributed by atoms with Gasteiger partial charge in [-0.05, 0) is 18.2 Å². The predicted octanol–water partition coefficient (Wildman–Crippen LogP) is -0.155. The number of hydrogen-bond donors (Lipinski definition) is 3. The summed E-state index contributed by atoms with van der Waals surface area (Å²) in [4.78, 5) is 20.2. The van der Waals surface area contributed by atoms with Crippen molar-refractivity contribution in [3.63, 3.8) is 0 Å². The minimum atomic E-state index is -0.891. The molecule has 1 unspecified atom stereocenters. The average Bonchev–Trinajstić information content (AvgIpc) is 2.83. The Labute approximate surface area is 98.1 Å². The Hall–Kier alpha value is -1.92. The summed E-state index contributed by atoms with van der Waals surface area (Å²) in [5.74, 6) is -0.327. The number of hydrogen-bond acceptors (Lipinski definition) is 4. The molecule has 0 radical (unpaired) electrons. The van der Waals surface area contributed by atoms with Crippen LogP contribution in [0.5, 0.6) is 0 Å². The van der Waals surface area contributed by atoms with E-state index in [1.54, 1.807) is 19.4 Å². The van der Waals surface area contributed by atoms with Crippen molar-refractivity contribution in [2.24, 2.45) is 5.73 Å². The van der Waals surface area contributed by atoms with Crippen molar-refractivity contribution in [3.8, 4) is 0 Å². The minimum Gasteiger partial charge on any atom is -0.394 e. The number of aliphatic hydroxyl groups is 1. The Morgan fingerprint density at radius 2 is 2.41 bits per heavy atom. The van der Waals surface area contributed by atoms with Gasteiger partial charge in [0.25, 0.3) is 0 Å². The molecule has 90 valence electrons. The third kappa shape index (κ3) is 2.13. The molecule has 0 aliphatic rings. The molecule has 1 aromatic carbocycles. The van der Waals surface area contributed by atoms with Gasteiger partial charge in [-0.2, -0.15) is 0 Å². The summed E-state index contributed by atoms with van der Waals surface area (Å²) >= 11 is 0. The predicted molar refractivity (Wildman–Crippen MR) is 64.6 cm³/mol. The van der Waals surface area contributed by atoms with Gasteiger partial charge in [0.1, 0.15) is 6.04 Å². The van der Waals surface area contributed by atoms with E-state index in [-0.39, 0.29) is 12.5 Å². The van der Waals surface area contributed by atoms with Crippen LogP contribution < -0.4 is 10.6 Å². The molecular weight excluding hydrogens is 220 g/mol. The molecule has 0 aliphatic carbocycles. The van der Waals surface area contributed by atoms with Gasteiger partial charge in [0.2, 0.25) is 5.91 Å². The summed E-state index contributed by atoms with van der Waals surface area (Å²) in [6.07, 6.45) is 1.59. The molecule has 17 heavy (non-hydrogen) atoms. The minimum absolute atomic E-state index is 0.327. The molecule has 6 heteroatoms. The van der Waals surface area contributed by atoms with E-state index in [1.165, 1.54) is 4.90 Å². The van der Waals surface area contributed by atoms with Crippen molar-refractivity contribution in [3.05, 3.63) is 24.5 Å². The standard InChI is InChI=1S/C11H14N4O2/c1-15(11(17)8(12)5-16)7-2-3-9-10(4-7)14-6-13-9/h2-4,6,8,16H,5,12H2,1H3,(H,13,14). The van der Waals surface area contributed by atoms with Gasteiger partial charge in [-0.3, -0.25) is 4.79 Å². The van der Waals surface area contributed by atoms with Gasteiger partial charge in [0.15, 0.2) is 0 Å². The van der Waals surface area contributed by atoms with Gasteiger partial charge >= 0.3 is 0 Å². The van der Waals surface area contributed by atoms with Gasteiger partial charge < -0.3 is 20.7 Å². The second kappa shape index (κ2) is 4.52. The van der Waals surface area contributed by atoms with Gasteiger partial charge in [0.05, 0.1) is 24.0 Å². The lowest BCUT2D eigenvalue weighted by molar-refractivity contribution is -0.120. The van der Waals surface area contributed by atoms with Crippen molar-refractivity contribution in [1.82, 2.24) is 9.97 Å². The number of imidazole rings is 1. The topological polar surface area (TPSA) is 95.2 Å². The summed E-state index contributed by atoms with van der Waals surface area (Å²) < 4.78 is 0. The monoisotopic (exact) mass is 234 g/mol. The van der Waals surface area contributed by atoms with Crippen LogP contribution in [0, 0.1) is 0 Å². The third-order valence-electron chi connectivity index (χ3n) is 2.64. The maximum atomic E-state index is 11.8. The lowest BCUT2D eigenvalue weighted by Gasteiger charge is -2.20. The number of aromatic nitrogens is 2. The number of anilines is 1. The van der Waals surface area contributed by atoms with Crippen LogP contribution in [0.25, 0.3) is 11.0 Å². The second-order valence-corrected chi connectivity index (χ2v) is 3.79. The highest BCUT2D eigenvalue weighted by Gasteiger charge is 2.18. The molecule has 2 rings (SSSR count). The Balaban J connectivity index is 2.29. The highest BCUT2D eigenvalue weighted by Crippen LogP contribution is 2.19. The van der Waals surface area contributed by atoms with Crippen molar-refractivity contribution in [2.45, 2.75) is 6.04 Å². The number of nitrogens with zero attached hydrogens (tertiary/aromatic N) is 2. The molecule has 6 nitrogen and oxygen atoms in total. The Bertz CT molecular complexity index is 537. The number of amides is 1. The first kappa shape index (κ1) is 11.6. The summed E-state index contributed by atoms with van der Waals surface area (Å²) in [7, 11) is 1.62. The zero-order valence-corrected chi connectivity index (χ0v) is 9.42. The van der Waals surface area contributed by atoms with E-state index in [2.05, 4.69) is 9.97 Å². The van der Waals surface area contributed by atoms with Crippen molar-refractivity contribution >= 4 is 22.6 Å². The maximum absolute atomic E-state index is 11.8. The van der Waals surface area contributed by atoms with Crippen LogP contribution in [0.4, 0.5) is 5.69 Å². The van der Waals surface area contributed by atoms with E-state index in [1.807, 2.05) is 12.1 Å². The first-order valence-electron chi connectivity index (χ1n) is 5.20. The Morgan fingerprint density at radius 3 is 3.12 bits per heavy atom. The molecule has 0 spiro atoms. The lowest BCUT2D eigenvalue weighted by Crippen LogP contribution is -2.44. The fourth-order valence-electron chi connectivity index (χ4n) is 1.59. The van der Waals surface area contributed by atoms with E-state index in [4.69, 9.17) is 10.8 Å². The van der Waals surface area contributed by atoms with Crippen LogP contribution in [-0.2, 0) is 4.79 Å². The molecule has 0 fully saturated rings. The molecule has 0 bridgehead atoms. The largest absolute Gasteiger partial charge is 0.394 e. The maximum Gasteiger partial charge on any atom is 0.246 e. The number of H-pyrrole nitrogens is 1. The van der Waals surface area contributed by atoms with Crippen molar-refractivity contribution in [1.29, 1.82) is 0 Å². The van der Waals surface area contributed by atoms with Gasteiger partial charge in [-0.25, -0.2) is 4.98 Å². The SMILES string of the molecule is CN(C(=O)C(N)CO)c1ccc2nc[nH]c2c1. The first-order chi connectivity index (χ1) is 8.13. The molecule has 0 saturated heterocycles. The molecular formula is C11H14N4O2. The lowest BCUT2D eigenvalue weighted by atomic mass is 10.2. The molecule has 2 aromatic rings. The number of likely N-dealkylation sites (N-methyl/N-ethyl adjacent to an activating group) is 1. The van der Waals surface area contributed by atoms with Gasteiger partial charge in [-0.15, -0.1) is 0 Å². The Morgan fingerprint density at radius 1 is 1.65 bits per heavy atom. The van der Waals surface area contributed by atoms with Gasteiger partial charge in [0, 0.05) is 12.7 Å². The first-order valence-corrected chi connectivity index (χ1v) is 5.20. The van der Waals surface area contributed by atoms with Gasteiger partial charge in [-0.1, -0.05) is 0 Å². The van der Waals surface area contributed by atoms with Crippen LogP contribution >= 0.6 is 0 Å². The molecule has 1 amide bonds. The number of carbonyl (C=O) groups excluding carboxylic acids is 1. The molecule has 0 aliphatic heterocycles. The third-order valence-corrected chi connectivity index (χ3v) is 2.64. The normalized spacial score (nSPS) is 12.6. The smallest absolute Gasteiger partial charge is 0.246 e. The molecule has 1 heterocycles. The summed E-state index contributed by atoms with van der Waals surface area (Å²) in [5, 5.41) is 8.85. The van der Waals surface area contributed by atoms with E-state index < -0.39 is 6.04 Å². The highest BCUT2D eigenvalue weighted by molar-refractivity contribution is 5.98. The quantitative estimate of drug-likeness (QED) is 0.688. The summed E-state index contributed by atoms with van der Waals surface area (Å²) in [6.45, 7) is -0.366. The number of benzene rings is 1. The number of carbonyl (C=O) groups is 1. The molecule has 1 aromatic heterocycles. The van der Waals surface area contributed by atoms with E-state index >= 15 is 0 Å². The van der Waals surface area contributed by atoms with Crippen LogP contribution in [0.2, 0.25) is 0 Å². The van der Waals surface area contributed by atoms with Crippen LogP contribution in [0.3, 0.4) is 0 Å². The summed E-state index contributed by atoms with van der Waals surface area (Å²) in [5.41, 5.74) is 7.87. The number of aliphatic hydroxyl groups excluding tert-OH is 1. The molecule has 4 N–H and O–H groups in total. The van der Waals surface area contributed by atoms with Crippen LogP contribution in [-0.4, -0.2) is 40.7 Å². The second-order valence-electron chi connectivity index (χ2n) is 3.79. The molecule has 1 atom stereocenters. The number of fused-ring (bicyclic) bond motifs is 1. The fourth-order valence-corrected chi connectivity index (χ4v) is 1.59. The van der Waals surface area contributed by atoms with E-state index in [0.29, 0.717) is 5.69 Å². The van der Waals surface area contributed by atoms with Crippen LogP contribution in [0.15, 0.2) is 24.5 Å². The highest BCUT2D eigenvalue weighted by atomic mass is 16.3. The zero-order chi connectivity index (χ0) is 12.4. The van der Waals surface area contributed by atoms with E-state index in [0.717, 1.165) is 11.0 Å². The van der Waals surface area contributed by atoms with Crippen LogP contribution in [0.1, 0.15) is 0 Å². The number of rotatable bonds is 3. The molecule has 0 saturated carbocycles. The fraction of sp³-hybridized carbons (Fsp3) is 0.273. The van der Waals surface area contributed by atoms with Crippen molar-refractivity contribution < 1.29 is 9.90 Å². The summed E-state index contributed by atoms with van der Waals surface area (Å²) in [6, 6.07) is 4.52.